The van der Waals surface area contributed by atoms with E-state index in [2.05, 4.69) is 6.58 Å². The summed E-state index contributed by atoms with van der Waals surface area (Å²) in [6.45, 7) is 5.89. The zero-order chi connectivity index (χ0) is 9.90. The van der Waals surface area contributed by atoms with Gasteiger partial charge in [-0.3, -0.25) is 0 Å². The van der Waals surface area contributed by atoms with Crippen LogP contribution in [0.25, 0.3) is 0 Å². The maximum atomic E-state index is 11.6. The zero-order valence-electron chi connectivity index (χ0n) is 7.95. The second-order valence-electron chi connectivity index (χ2n) is 3.56. The number of rotatable bonds is 3. The summed E-state index contributed by atoms with van der Waals surface area (Å²) < 4.78 is 28.4. The average Bonchev–Trinajstić information content (AvgIpc) is 2.04. The molecule has 1 saturated heterocycles. The third-order valence-electron chi connectivity index (χ3n) is 1.99. The Kier molecular flexibility index (Phi) is 3.50. The molecule has 1 fully saturated rings. The maximum Gasteiger partial charge on any atom is 0.180 e. The van der Waals surface area contributed by atoms with Crippen molar-refractivity contribution in [2.75, 3.05) is 12.4 Å². The molecule has 0 unspecified atom stereocenters. The fourth-order valence-electron chi connectivity index (χ4n) is 1.43. The lowest BCUT2D eigenvalue weighted by Gasteiger charge is -2.22. The summed E-state index contributed by atoms with van der Waals surface area (Å²) in [5, 5.41) is 0. The summed E-state index contributed by atoms with van der Waals surface area (Å²) in [5.41, 5.74) is 0.0899. The van der Waals surface area contributed by atoms with Crippen LogP contribution in [0.4, 0.5) is 0 Å². The van der Waals surface area contributed by atoms with E-state index in [9.17, 15) is 8.42 Å². The summed E-state index contributed by atoms with van der Waals surface area (Å²) >= 11 is 0. The van der Waals surface area contributed by atoms with E-state index in [1.807, 2.05) is 0 Å². The van der Waals surface area contributed by atoms with Crippen LogP contribution in [0, 0.1) is 0 Å². The van der Waals surface area contributed by atoms with Gasteiger partial charge < -0.3 is 4.74 Å². The monoisotopic (exact) mass is 204 g/mol. The molecule has 0 radical (unpaired) electrons. The average molecular weight is 204 g/mol. The molecule has 0 aromatic rings. The van der Waals surface area contributed by atoms with Crippen LogP contribution < -0.4 is 0 Å². The molecule has 1 aliphatic heterocycles. The van der Waals surface area contributed by atoms with Gasteiger partial charge in [-0.25, -0.2) is 8.42 Å². The minimum Gasteiger partial charge on any atom is -0.362 e. The van der Waals surface area contributed by atoms with Crippen molar-refractivity contribution in [1.82, 2.24) is 0 Å². The summed E-state index contributed by atoms with van der Waals surface area (Å²) in [7, 11) is -3.10. The van der Waals surface area contributed by atoms with Crippen molar-refractivity contribution < 1.29 is 13.2 Å². The Labute approximate surface area is 79.7 Å². The zero-order valence-corrected chi connectivity index (χ0v) is 8.77. The molecule has 1 heterocycles. The van der Waals surface area contributed by atoms with E-state index < -0.39 is 15.3 Å². The Hall–Kier alpha value is -0.350. The molecule has 0 spiro atoms. The smallest absolute Gasteiger partial charge is 0.180 e. The molecule has 4 heteroatoms. The van der Waals surface area contributed by atoms with E-state index in [0.29, 0.717) is 18.6 Å². The van der Waals surface area contributed by atoms with Crippen molar-refractivity contribution in [1.29, 1.82) is 0 Å². The van der Waals surface area contributed by atoms with Gasteiger partial charge in [0.05, 0.1) is 5.75 Å². The second-order valence-corrected chi connectivity index (χ2v) is 5.70. The van der Waals surface area contributed by atoms with E-state index >= 15 is 0 Å². The van der Waals surface area contributed by atoms with Gasteiger partial charge in [-0.1, -0.05) is 12.2 Å². The Balaban J connectivity index is 2.62. The third-order valence-corrected chi connectivity index (χ3v) is 4.05. The number of ether oxygens (including phenoxy) is 1. The molecule has 3 nitrogen and oxygen atoms in total. The lowest BCUT2D eigenvalue weighted by atomic mass is 10.2. The van der Waals surface area contributed by atoms with Gasteiger partial charge in [0.25, 0.3) is 0 Å². The van der Waals surface area contributed by atoms with E-state index in [1.165, 1.54) is 0 Å². The summed E-state index contributed by atoms with van der Waals surface area (Å²) in [6.07, 6.45) is 2.55. The van der Waals surface area contributed by atoms with Gasteiger partial charge in [0.15, 0.2) is 15.3 Å². The summed E-state index contributed by atoms with van der Waals surface area (Å²) in [5.74, 6) is 0.0532. The van der Waals surface area contributed by atoms with Crippen LogP contribution >= 0.6 is 0 Å². The molecule has 1 rings (SSSR count). The Morgan fingerprint density at radius 3 is 2.69 bits per heavy atom. The van der Waals surface area contributed by atoms with Gasteiger partial charge in [0.2, 0.25) is 0 Å². The fraction of sp³-hybridized carbons (Fsp3) is 0.778. The van der Waals surface area contributed by atoms with Crippen LogP contribution in [-0.2, 0) is 14.6 Å². The molecular weight excluding hydrogens is 188 g/mol. The molecule has 1 atom stereocenters. The predicted octanol–water partition coefficient (Wildman–Crippen LogP) is 1.50. The molecule has 0 amide bonds. The molecule has 13 heavy (non-hydrogen) atoms. The first-order valence-corrected chi connectivity index (χ1v) is 6.21. The summed E-state index contributed by atoms with van der Waals surface area (Å²) in [6, 6.07) is 0. The highest BCUT2D eigenvalue weighted by Gasteiger charge is 2.27. The molecular formula is C9H16O3S. The van der Waals surface area contributed by atoms with Crippen LogP contribution in [0.5, 0.6) is 0 Å². The lowest BCUT2D eigenvalue weighted by molar-refractivity contribution is 0.0663. The van der Waals surface area contributed by atoms with Gasteiger partial charge in [-0.05, 0) is 26.2 Å². The Morgan fingerprint density at radius 1 is 1.54 bits per heavy atom. The molecule has 0 aliphatic carbocycles. The van der Waals surface area contributed by atoms with Gasteiger partial charge >= 0.3 is 0 Å². The first-order chi connectivity index (χ1) is 6.02. The van der Waals surface area contributed by atoms with Crippen LogP contribution in [0.3, 0.4) is 0 Å². The van der Waals surface area contributed by atoms with Crippen LogP contribution in [0.15, 0.2) is 12.2 Å². The van der Waals surface area contributed by atoms with Gasteiger partial charge in [0, 0.05) is 6.61 Å². The van der Waals surface area contributed by atoms with Gasteiger partial charge in [0.1, 0.15) is 0 Å². The standard InChI is InChI=1S/C9H16O3S/c1-8(2)7-13(10,11)9-5-3-4-6-12-9/h9H,1,3-7H2,2H3/t9-/m0/s1. The highest BCUT2D eigenvalue weighted by molar-refractivity contribution is 7.92. The van der Waals surface area contributed by atoms with E-state index in [-0.39, 0.29) is 5.75 Å². The Bertz CT molecular complexity index is 273. The van der Waals surface area contributed by atoms with E-state index in [1.54, 1.807) is 6.92 Å². The molecule has 0 saturated carbocycles. The van der Waals surface area contributed by atoms with Crippen molar-refractivity contribution in [3.05, 3.63) is 12.2 Å². The molecule has 76 valence electrons. The first kappa shape index (κ1) is 10.7. The van der Waals surface area contributed by atoms with Crippen molar-refractivity contribution in [3.8, 4) is 0 Å². The normalized spacial score (nSPS) is 24.2. The van der Waals surface area contributed by atoms with Gasteiger partial charge in [-0.2, -0.15) is 0 Å². The van der Waals surface area contributed by atoms with E-state index in [0.717, 1.165) is 12.8 Å². The molecule has 0 aromatic heterocycles. The van der Waals surface area contributed by atoms with Crippen LogP contribution in [0.1, 0.15) is 26.2 Å². The maximum absolute atomic E-state index is 11.6. The summed E-state index contributed by atoms with van der Waals surface area (Å²) in [4.78, 5) is 0. The topological polar surface area (TPSA) is 43.4 Å². The highest BCUT2D eigenvalue weighted by Crippen LogP contribution is 2.19. The molecule has 0 N–H and O–H groups in total. The Morgan fingerprint density at radius 2 is 2.23 bits per heavy atom. The largest absolute Gasteiger partial charge is 0.362 e. The number of sulfone groups is 1. The van der Waals surface area contributed by atoms with Crippen LogP contribution in [0.2, 0.25) is 0 Å². The van der Waals surface area contributed by atoms with Crippen molar-refractivity contribution in [2.24, 2.45) is 0 Å². The molecule has 1 aliphatic rings. The van der Waals surface area contributed by atoms with Crippen LogP contribution in [-0.4, -0.2) is 26.2 Å². The minimum absolute atomic E-state index is 0.0532. The number of hydrogen-bond acceptors (Lipinski definition) is 3. The second kappa shape index (κ2) is 4.24. The number of hydrogen-bond donors (Lipinski definition) is 0. The minimum atomic E-state index is -3.10. The third kappa shape index (κ3) is 3.12. The van der Waals surface area contributed by atoms with E-state index in [4.69, 9.17) is 4.74 Å². The SMILES string of the molecule is C=C(C)CS(=O)(=O)[C@H]1CCCCO1. The predicted molar refractivity (Wildman–Crippen MR) is 52.2 cm³/mol. The van der Waals surface area contributed by atoms with Crippen molar-refractivity contribution >= 4 is 9.84 Å². The lowest BCUT2D eigenvalue weighted by Crippen LogP contribution is -2.30. The highest BCUT2D eigenvalue weighted by atomic mass is 32.2. The molecule has 0 bridgehead atoms. The molecule has 0 aromatic carbocycles. The fourth-order valence-corrected chi connectivity index (χ4v) is 3.13. The van der Waals surface area contributed by atoms with Gasteiger partial charge in [-0.15, -0.1) is 0 Å². The quantitative estimate of drug-likeness (QED) is 0.654. The first-order valence-electron chi connectivity index (χ1n) is 4.50. The van der Waals surface area contributed by atoms with Crippen molar-refractivity contribution in [3.63, 3.8) is 0 Å². The van der Waals surface area contributed by atoms with Crippen molar-refractivity contribution in [2.45, 2.75) is 31.6 Å².